The van der Waals surface area contributed by atoms with Crippen LogP contribution < -0.4 is 4.74 Å². The van der Waals surface area contributed by atoms with Gasteiger partial charge in [0.15, 0.2) is 0 Å². The highest BCUT2D eigenvalue weighted by Gasteiger charge is 2.22. The Morgan fingerprint density at radius 2 is 1.92 bits per heavy atom. The van der Waals surface area contributed by atoms with Crippen LogP contribution in [0.25, 0.3) is 22.3 Å². The lowest BCUT2D eigenvalue weighted by atomic mass is 10.1. The van der Waals surface area contributed by atoms with E-state index in [1.54, 1.807) is 14.2 Å². The first-order valence-electron chi connectivity index (χ1n) is 8.45. The molecule has 0 aromatic carbocycles. The van der Waals surface area contributed by atoms with Gasteiger partial charge in [0, 0.05) is 30.3 Å². The molecule has 0 aliphatic heterocycles. The molecule has 0 saturated carbocycles. The van der Waals surface area contributed by atoms with Crippen LogP contribution in [-0.4, -0.2) is 40.3 Å². The molecule has 0 bridgehead atoms. The Morgan fingerprint density at radius 3 is 2.56 bits per heavy atom. The van der Waals surface area contributed by atoms with E-state index in [9.17, 15) is 0 Å². The van der Waals surface area contributed by atoms with Crippen LogP contribution >= 0.6 is 0 Å². The summed E-state index contributed by atoms with van der Waals surface area (Å²) < 4.78 is 13.0. The molecule has 3 aromatic heterocycles. The smallest absolute Gasteiger partial charge is 0.297 e. The molecular formula is C19H24N4O2. The average molecular weight is 340 g/mol. The Morgan fingerprint density at radius 1 is 1.12 bits per heavy atom. The van der Waals surface area contributed by atoms with E-state index < -0.39 is 0 Å². The minimum absolute atomic E-state index is 0.150. The fourth-order valence-electron chi connectivity index (χ4n) is 3.20. The predicted molar refractivity (Wildman–Crippen MR) is 98.0 cm³/mol. The highest BCUT2D eigenvalue weighted by Crippen LogP contribution is 2.33. The van der Waals surface area contributed by atoms with Crippen molar-refractivity contribution in [1.29, 1.82) is 0 Å². The third-order valence-corrected chi connectivity index (χ3v) is 4.43. The van der Waals surface area contributed by atoms with Gasteiger partial charge in [0.05, 0.1) is 31.0 Å². The SMILES string of the molecule is CCC(COC)n1c(OC)nc2c(-c3ccc(C)nc3C)nccc21. The summed E-state index contributed by atoms with van der Waals surface area (Å²) in [6.07, 6.45) is 2.73. The van der Waals surface area contributed by atoms with E-state index in [1.807, 2.05) is 32.2 Å². The monoisotopic (exact) mass is 340 g/mol. The molecule has 1 atom stereocenters. The number of fused-ring (bicyclic) bond motifs is 1. The van der Waals surface area contributed by atoms with Crippen LogP contribution in [0.1, 0.15) is 30.8 Å². The minimum atomic E-state index is 0.150. The standard InChI is InChI=1S/C19H24N4O2/c1-6-14(11-24-4)23-16-9-10-20-17(18(16)22-19(23)25-5)15-8-7-12(2)21-13(15)3/h7-10,14H,6,11H2,1-5H3. The molecule has 0 fully saturated rings. The molecule has 0 N–H and O–H groups in total. The Balaban J connectivity index is 2.25. The minimum Gasteiger partial charge on any atom is -0.468 e. The first kappa shape index (κ1) is 17.4. The number of pyridine rings is 2. The summed E-state index contributed by atoms with van der Waals surface area (Å²) >= 11 is 0. The number of imidazole rings is 1. The number of rotatable bonds is 6. The fourth-order valence-corrected chi connectivity index (χ4v) is 3.20. The summed E-state index contributed by atoms with van der Waals surface area (Å²) in [5.41, 5.74) is 5.56. The molecule has 0 amide bonds. The van der Waals surface area contributed by atoms with Gasteiger partial charge in [-0.2, -0.15) is 4.98 Å². The lowest BCUT2D eigenvalue weighted by molar-refractivity contribution is 0.149. The van der Waals surface area contributed by atoms with E-state index >= 15 is 0 Å². The number of aromatic nitrogens is 4. The Bertz CT molecular complexity index is 889. The summed E-state index contributed by atoms with van der Waals surface area (Å²) in [6, 6.07) is 6.75. The normalized spacial score (nSPS) is 12.5. The van der Waals surface area contributed by atoms with Crippen molar-refractivity contribution in [1.82, 2.24) is 19.5 Å². The number of aryl methyl sites for hydroxylation is 2. The first-order valence-corrected chi connectivity index (χ1v) is 8.45. The Hall–Kier alpha value is -2.47. The molecule has 0 aliphatic rings. The third-order valence-electron chi connectivity index (χ3n) is 4.43. The van der Waals surface area contributed by atoms with Gasteiger partial charge in [-0.25, -0.2) is 0 Å². The van der Waals surface area contributed by atoms with E-state index in [4.69, 9.17) is 14.5 Å². The van der Waals surface area contributed by atoms with Gasteiger partial charge in [0.25, 0.3) is 6.01 Å². The van der Waals surface area contributed by atoms with Gasteiger partial charge < -0.3 is 9.47 Å². The summed E-state index contributed by atoms with van der Waals surface area (Å²) in [5.74, 6) is 0. The molecule has 0 radical (unpaired) electrons. The molecule has 132 valence electrons. The van der Waals surface area contributed by atoms with Crippen LogP contribution in [-0.2, 0) is 4.74 Å². The molecule has 3 aromatic rings. The number of nitrogens with zero attached hydrogens (tertiary/aromatic N) is 4. The predicted octanol–water partition coefficient (Wildman–Crippen LogP) is 3.72. The van der Waals surface area contributed by atoms with Crippen molar-refractivity contribution in [3.05, 3.63) is 35.8 Å². The van der Waals surface area contributed by atoms with E-state index in [0.29, 0.717) is 12.6 Å². The zero-order valence-electron chi connectivity index (χ0n) is 15.4. The van der Waals surface area contributed by atoms with Crippen LogP contribution in [0, 0.1) is 13.8 Å². The summed E-state index contributed by atoms with van der Waals surface area (Å²) in [4.78, 5) is 13.9. The van der Waals surface area contributed by atoms with Crippen LogP contribution in [0.15, 0.2) is 24.4 Å². The first-order chi connectivity index (χ1) is 12.1. The van der Waals surface area contributed by atoms with E-state index in [1.165, 1.54) is 0 Å². The van der Waals surface area contributed by atoms with Crippen molar-refractivity contribution in [2.75, 3.05) is 20.8 Å². The lowest BCUT2D eigenvalue weighted by Crippen LogP contribution is -2.14. The summed E-state index contributed by atoms with van der Waals surface area (Å²) in [7, 11) is 3.35. The molecule has 25 heavy (non-hydrogen) atoms. The summed E-state index contributed by atoms with van der Waals surface area (Å²) in [5, 5.41) is 0. The molecule has 0 aliphatic carbocycles. The Labute approximate surface area is 147 Å². The van der Waals surface area contributed by atoms with Gasteiger partial charge in [0.1, 0.15) is 5.52 Å². The second-order valence-corrected chi connectivity index (χ2v) is 6.10. The molecule has 3 rings (SSSR count). The molecule has 0 spiro atoms. The van der Waals surface area contributed by atoms with Crippen molar-refractivity contribution >= 4 is 11.0 Å². The molecule has 6 nitrogen and oxygen atoms in total. The van der Waals surface area contributed by atoms with Crippen LogP contribution in [0.2, 0.25) is 0 Å². The second-order valence-electron chi connectivity index (χ2n) is 6.10. The highest BCUT2D eigenvalue weighted by atomic mass is 16.5. The maximum atomic E-state index is 5.55. The molecule has 6 heteroatoms. The topological polar surface area (TPSA) is 62.1 Å². The highest BCUT2D eigenvalue weighted by molar-refractivity contribution is 5.91. The van der Waals surface area contributed by atoms with E-state index in [-0.39, 0.29) is 6.04 Å². The van der Waals surface area contributed by atoms with Crippen molar-refractivity contribution in [3.63, 3.8) is 0 Å². The fraction of sp³-hybridized carbons (Fsp3) is 0.421. The van der Waals surface area contributed by atoms with Gasteiger partial charge >= 0.3 is 0 Å². The van der Waals surface area contributed by atoms with Gasteiger partial charge in [-0.15, -0.1) is 0 Å². The van der Waals surface area contributed by atoms with Crippen LogP contribution in [0.5, 0.6) is 6.01 Å². The Kier molecular flexibility index (Phi) is 4.99. The number of hydrogen-bond acceptors (Lipinski definition) is 5. The van der Waals surface area contributed by atoms with E-state index in [2.05, 4.69) is 27.5 Å². The number of hydrogen-bond donors (Lipinski definition) is 0. The lowest BCUT2D eigenvalue weighted by Gasteiger charge is -2.18. The van der Waals surface area contributed by atoms with Gasteiger partial charge in [-0.05, 0) is 38.5 Å². The molecule has 3 heterocycles. The molecule has 0 saturated heterocycles. The molecular weight excluding hydrogens is 316 g/mol. The van der Waals surface area contributed by atoms with Gasteiger partial charge in [-0.3, -0.25) is 14.5 Å². The quantitative estimate of drug-likeness (QED) is 0.684. The average Bonchev–Trinajstić information content (AvgIpc) is 2.98. The van der Waals surface area contributed by atoms with Crippen molar-refractivity contribution in [3.8, 4) is 17.3 Å². The van der Waals surface area contributed by atoms with E-state index in [0.717, 1.165) is 40.1 Å². The zero-order valence-corrected chi connectivity index (χ0v) is 15.4. The number of ether oxygens (including phenoxy) is 2. The zero-order chi connectivity index (χ0) is 18.0. The maximum absolute atomic E-state index is 5.55. The maximum Gasteiger partial charge on any atom is 0.297 e. The van der Waals surface area contributed by atoms with Crippen LogP contribution in [0.4, 0.5) is 0 Å². The second kappa shape index (κ2) is 7.19. The summed E-state index contributed by atoms with van der Waals surface area (Å²) in [6.45, 7) is 6.71. The van der Waals surface area contributed by atoms with Gasteiger partial charge in [0.2, 0.25) is 0 Å². The number of methoxy groups -OCH3 is 2. The van der Waals surface area contributed by atoms with Gasteiger partial charge in [-0.1, -0.05) is 6.92 Å². The van der Waals surface area contributed by atoms with Crippen molar-refractivity contribution < 1.29 is 9.47 Å². The third kappa shape index (κ3) is 3.09. The van der Waals surface area contributed by atoms with Crippen LogP contribution in [0.3, 0.4) is 0 Å². The van der Waals surface area contributed by atoms with Crippen molar-refractivity contribution in [2.24, 2.45) is 0 Å². The molecule has 1 unspecified atom stereocenters. The van der Waals surface area contributed by atoms with Crippen molar-refractivity contribution in [2.45, 2.75) is 33.2 Å². The largest absolute Gasteiger partial charge is 0.468 e.